The average molecular weight is 331 g/mol. The molecule has 0 spiro atoms. The van der Waals surface area contributed by atoms with Crippen LogP contribution in [0.3, 0.4) is 0 Å². The minimum atomic E-state index is 0.661. The summed E-state index contributed by atoms with van der Waals surface area (Å²) in [6, 6.07) is 6.21. The van der Waals surface area contributed by atoms with Crippen LogP contribution in [0.4, 0.5) is 0 Å². The lowest BCUT2D eigenvalue weighted by Gasteiger charge is -2.09. The van der Waals surface area contributed by atoms with Crippen molar-refractivity contribution >= 4 is 50.9 Å². The first-order valence-corrected chi connectivity index (χ1v) is 8.01. The number of aryl methyl sites for hydroxylation is 1. The van der Waals surface area contributed by atoms with E-state index in [1.54, 1.807) is 0 Å². The standard InChI is InChI=1S/C12H15BrN2S2/c1-8(17-2)5-6-15-11-7-9(13)3-4-10(11)14-12(15)16/h3-4,7-8H,5-6H2,1-2H3,(H,14,16). The van der Waals surface area contributed by atoms with Crippen molar-refractivity contribution in [2.24, 2.45) is 0 Å². The lowest BCUT2D eigenvalue weighted by Crippen LogP contribution is -2.04. The van der Waals surface area contributed by atoms with Gasteiger partial charge in [0, 0.05) is 16.3 Å². The molecular weight excluding hydrogens is 316 g/mol. The van der Waals surface area contributed by atoms with Crippen LogP contribution in [0.25, 0.3) is 11.0 Å². The van der Waals surface area contributed by atoms with Crippen molar-refractivity contribution in [2.45, 2.75) is 25.1 Å². The molecule has 17 heavy (non-hydrogen) atoms. The maximum Gasteiger partial charge on any atom is 0.178 e. The Hall–Kier alpha value is -0.260. The van der Waals surface area contributed by atoms with E-state index in [1.165, 1.54) is 5.52 Å². The second kappa shape index (κ2) is 5.59. The fourth-order valence-electron chi connectivity index (χ4n) is 1.78. The molecule has 1 atom stereocenters. The summed E-state index contributed by atoms with van der Waals surface area (Å²) in [5.74, 6) is 0. The molecule has 1 aromatic heterocycles. The van der Waals surface area contributed by atoms with Gasteiger partial charge in [-0.2, -0.15) is 11.8 Å². The van der Waals surface area contributed by atoms with Gasteiger partial charge in [0.2, 0.25) is 0 Å². The zero-order valence-corrected chi connectivity index (χ0v) is 13.1. The van der Waals surface area contributed by atoms with E-state index in [4.69, 9.17) is 12.2 Å². The molecule has 92 valence electrons. The predicted octanol–water partition coefficient (Wildman–Crippen LogP) is 4.60. The molecule has 0 radical (unpaired) electrons. The highest BCUT2D eigenvalue weighted by molar-refractivity contribution is 9.10. The third-order valence-corrected chi connectivity index (χ3v) is 4.76. The minimum absolute atomic E-state index is 0.661. The molecule has 0 amide bonds. The first-order chi connectivity index (χ1) is 8.11. The number of aromatic amines is 1. The molecule has 2 nitrogen and oxygen atoms in total. The number of H-pyrrole nitrogens is 1. The molecule has 0 fully saturated rings. The van der Waals surface area contributed by atoms with Gasteiger partial charge < -0.3 is 9.55 Å². The van der Waals surface area contributed by atoms with E-state index >= 15 is 0 Å². The van der Waals surface area contributed by atoms with Crippen molar-refractivity contribution in [1.29, 1.82) is 0 Å². The molecule has 5 heteroatoms. The maximum atomic E-state index is 5.37. The van der Waals surface area contributed by atoms with E-state index in [2.05, 4.69) is 50.8 Å². The molecular formula is C12H15BrN2S2. The first kappa shape index (κ1) is 13.2. The van der Waals surface area contributed by atoms with Gasteiger partial charge in [-0.25, -0.2) is 0 Å². The Kier molecular flexibility index (Phi) is 4.33. The summed E-state index contributed by atoms with van der Waals surface area (Å²) >= 11 is 10.8. The van der Waals surface area contributed by atoms with Crippen LogP contribution < -0.4 is 0 Å². The van der Waals surface area contributed by atoms with Gasteiger partial charge in [0.25, 0.3) is 0 Å². The van der Waals surface area contributed by atoms with Crippen molar-refractivity contribution in [3.8, 4) is 0 Å². The molecule has 1 unspecified atom stereocenters. The molecule has 0 bridgehead atoms. The summed E-state index contributed by atoms with van der Waals surface area (Å²) in [5.41, 5.74) is 2.28. The van der Waals surface area contributed by atoms with E-state index in [0.717, 1.165) is 27.7 Å². The molecule has 0 saturated heterocycles. The van der Waals surface area contributed by atoms with Crippen LogP contribution in [0.15, 0.2) is 22.7 Å². The molecule has 0 saturated carbocycles. The van der Waals surface area contributed by atoms with Crippen LogP contribution in [0.5, 0.6) is 0 Å². The van der Waals surface area contributed by atoms with Crippen LogP contribution in [0, 0.1) is 4.77 Å². The SMILES string of the molecule is CSC(C)CCn1c(=S)[nH]c2ccc(Br)cc21. The number of hydrogen-bond donors (Lipinski definition) is 1. The number of fused-ring (bicyclic) bond motifs is 1. The Morgan fingerprint density at radius 2 is 2.29 bits per heavy atom. The largest absolute Gasteiger partial charge is 0.331 e. The lowest BCUT2D eigenvalue weighted by atomic mass is 10.3. The quantitative estimate of drug-likeness (QED) is 0.826. The van der Waals surface area contributed by atoms with Gasteiger partial charge in [-0.05, 0) is 43.1 Å². The molecule has 2 aromatic rings. The second-order valence-electron chi connectivity index (χ2n) is 4.08. The van der Waals surface area contributed by atoms with Crippen molar-refractivity contribution in [3.63, 3.8) is 0 Å². The number of halogens is 1. The number of hydrogen-bond acceptors (Lipinski definition) is 2. The zero-order chi connectivity index (χ0) is 12.4. The fraction of sp³-hybridized carbons (Fsp3) is 0.417. The van der Waals surface area contributed by atoms with Gasteiger partial charge in [-0.15, -0.1) is 0 Å². The topological polar surface area (TPSA) is 20.7 Å². The van der Waals surface area contributed by atoms with Crippen molar-refractivity contribution in [3.05, 3.63) is 27.4 Å². The van der Waals surface area contributed by atoms with E-state index in [-0.39, 0.29) is 0 Å². The monoisotopic (exact) mass is 330 g/mol. The Balaban J connectivity index is 2.35. The van der Waals surface area contributed by atoms with Gasteiger partial charge >= 0.3 is 0 Å². The molecule has 2 rings (SSSR count). The summed E-state index contributed by atoms with van der Waals surface area (Å²) in [6.45, 7) is 3.22. The van der Waals surface area contributed by atoms with Gasteiger partial charge in [-0.1, -0.05) is 22.9 Å². The number of nitrogens with one attached hydrogen (secondary N) is 1. The Bertz CT molecular complexity index is 573. The molecule has 1 aromatic carbocycles. The smallest absolute Gasteiger partial charge is 0.178 e. The summed E-state index contributed by atoms with van der Waals surface area (Å²) in [6.07, 6.45) is 3.28. The second-order valence-corrected chi connectivity index (χ2v) is 6.66. The molecule has 0 aliphatic heterocycles. The highest BCUT2D eigenvalue weighted by atomic mass is 79.9. The third kappa shape index (κ3) is 2.95. The Labute approximate surface area is 119 Å². The number of rotatable bonds is 4. The van der Waals surface area contributed by atoms with Crippen molar-refractivity contribution < 1.29 is 0 Å². The number of thioether (sulfide) groups is 1. The number of aromatic nitrogens is 2. The van der Waals surface area contributed by atoms with E-state index in [1.807, 2.05) is 17.8 Å². The summed E-state index contributed by atoms with van der Waals surface area (Å²) in [5, 5.41) is 0.661. The van der Waals surface area contributed by atoms with Crippen LogP contribution in [0.1, 0.15) is 13.3 Å². The average Bonchev–Trinajstić information content (AvgIpc) is 2.61. The minimum Gasteiger partial charge on any atom is -0.331 e. The third-order valence-electron chi connectivity index (χ3n) is 2.90. The normalized spacial score (nSPS) is 13.1. The van der Waals surface area contributed by atoms with Gasteiger partial charge in [-0.3, -0.25) is 0 Å². The van der Waals surface area contributed by atoms with Crippen molar-refractivity contribution in [2.75, 3.05) is 6.26 Å². The molecule has 1 N–H and O–H groups in total. The van der Waals surface area contributed by atoms with Crippen LogP contribution in [-0.4, -0.2) is 21.1 Å². The molecule has 0 aliphatic carbocycles. The zero-order valence-electron chi connectivity index (χ0n) is 9.87. The summed E-state index contributed by atoms with van der Waals surface area (Å²) < 4.78 is 4.08. The highest BCUT2D eigenvalue weighted by Crippen LogP contribution is 2.21. The Morgan fingerprint density at radius 3 is 3.00 bits per heavy atom. The van der Waals surface area contributed by atoms with Crippen molar-refractivity contribution in [1.82, 2.24) is 9.55 Å². The van der Waals surface area contributed by atoms with E-state index in [0.29, 0.717) is 5.25 Å². The highest BCUT2D eigenvalue weighted by Gasteiger charge is 2.06. The number of nitrogens with zero attached hydrogens (tertiary/aromatic N) is 1. The van der Waals surface area contributed by atoms with Crippen LogP contribution in [0.2, 0.25) is 0 Å². The van der Waals surface area contributed by atoms with Crippen LogP contribution in [-0.2, 0) is 6.54 Å². The molecule has 0 aliphatic rings. The van der Waals surface area contributed by atoms with Gasteiger partial charge in [0.05, 0.1) is 11.0 Å². The Morgan fingerprint density at radius 1 is 1.53 bits per heavy atom. The summed E-state index contributed by atoms with van der Waals surface area (Å²) in [4.78, 5) is 3.25. The van der Waals surface area contributed by atoms with Gasteiger partial charge in [0.15, 0.2) is 4.77 Å². The fourth-order valence-corrected chi connectivity index (χ4v) is 2.77. The maximum absolute atomic E-state index is 5.37. The van der Waals surface area contributed by atoms with E-state index < -0.39 is 0 Å². The number of imidazole rings is 1. The van der Waals surface area contributed by atoms with Crippen LogP contribution >= 0.6 is 39.9 Å². The van der Waals surface area contributed by atoms with E-state index in [9.17, 15) is 0 Å². The number of benzene rings is 1. The first-order valence-electron chi connectivity index (χ1n) is 5.52. The predicted molar refractivity (Wildman–Crippen MR) is 82.4 cm³/mol. The lowest BCUT2D eigenvalue weighted by molar-refractivity contribution is 0.648. The molecule has 1 heterocycles. The summed E-state index contributed by atoms with van der Waals surface area (Å²) in [7, 11) is 0. The van der Waals surface area contributed by atoms with Gasteiger partial charge in [0.1, 0.15) is 0 Å².